The molecule has 8 nitrogen and oxygen atoms in total. The van der Waals surface area contributed by atoms with Crippen LogP contribution >= 0.6 is 11.8 Å². The Morgan fingerprint density at radius 2 is 2.12 bits per heavy atom. The summed E-state index contributed by atoms with van der Waals surface area (Å²) in [6, 6.07) is -0.288. The van der Waals surface area contributed by atoms with E-state index < -0.39 is 5.60 Å². The molecular weight excluding hydrogens is 334 g/mol. The highest BCUT2D eigenvalue weighted by molar-refractivity contribution is 7.99. The number of hydrogen-bond donors (Lipinski definition) is 0. The molecule has 1 atom stereocenters. The minimum absolute atomic E-state index is 0.107. The minimum Gasteiger partial charge on any atom is -0.465 e. The lowest BCUT2D eigenvalue weighted by Gasteiger charge is -2.27. The predicted molar refractivity (Wildman–Crippen MR) is 86.6 cm³/mol. The summed E-state index contributed by atoms with van der Waals surface area (Å²) >= 11 is 1.12. The van der Waals surface area contributed by atoms with E-state index in [-0.39, 0.29) is 29.1 Å². The van der Waals surface area contributed by atoms with Crippen LogP contribution in [0, 0.1) is 0 Å². The Kier molecular flexibility index (Phi) is 6.09. The standard InChI is InChI=1S/C15H23N3O5S/c1-5-21-11(19)9-24-13-17-16-12(22-13)10-7-6-8-18(10)14(20)23-15(2,3)4/h10H,5-9H2,1-4H3. The molecule has 0 N–H and O–H groups in total. The quantitative estimate of drug-likeness (QED) is 0.586. The monoisotopic (exact) mass is 357 g/mol. The first-order chi connectivity index (χ1) is 11.3. The van der Waals surface area contributed by atoms with Crippen molar-refractivity contribution in [2.45, 2.75) is 57.4 Å². The van der Waals surface area contributed by atoms with E-state index >= 15 is 0 Å². The third-order valence-electron chi connectivity index (χ3n) is 3.21. The Hall–Kier alpha value is -1.77. The van der Waals surface area contributed by atoms with Gasteiger partial charge in [0.1, 0.15) is 17.4 Å². The molecule has 0 aliphatic carbocycles. The highest BCUT2D eigenvalue weighted by Crippen LogP contribution is 2.33. The molecule has 9 heteroatoms. The average molecular weight is 357 g/mol. The van der Waals surface area contributed by atoms with Gasteiger partial charge in [-0.05, 0) is 40.5 Å². The van der Waals surface area contributed by atoms with Crippen LogP contribution in [0.3, 0.4) is 0 Å². The number of esters is 1. The van der Waals surface area contributed by atoms with Crippen molar-refractivity contribution in [3.8, 4) is 0 Å². The summed E-state index contributed by atoms with van der Waals surface area (Å²) in [5, 5.41) is 8.22. The smallest absolute Gasteiger partial charge is 0.410 e. The Morgan fingerprint density at radius 1 is 1.38 bits per heavy atom. The number of amides is 1. The van der Waals surface area contributed by atoms with Gasteiger partial charge >= 0.3 is 12.1 Å². The normalized spacial score (nSPS) is 17.8. The van der Waals surface area contributed by atoms with Crippen molar-refractivity contribution in [2.75, 3.05) is 18.9 Å². The molecule has 1 aliphatic rings. The zero-order chi connectivity index (χ0) is 17.7. The summed E-state index contributed by atoms with van der Waals surface area (Å²) in [5.41, 5.74) is -0.556. The number of likely N-dealkylation sites (tertiary alicyclic amines) is 1. The number of rotatable bonds is 5. The zero-order valence-corrected chi connectivity index (χ0v) is 15.2. The van der Waals surface area contributed by atoms with Gasteiger partial charge in [0.05, 0.1) is 6.61 Å². The van der Waals surface area contributed by atoms with Crippen molar-refractivity contribution in [3.63, 3.8) is 0 Å². The molecule has 0 spiro atoms. The molecule has 0 radical (unpaired) electrons. The molecule has 2 rings (SSSR count). The van der Waals surface area contributed by atoms with E-state index in [2.05, 4.69) is 10.2 Å². The Morgan fingerprint density at radius 3 is 2.79 bits per heavy atom. The van der Waals surface area contributed by atoms with Gasteiger partial charge in [-0.25, -0.2) is 4.79 Å². The summed E-state index contributed by atoms with van der Waals surface area (Å²) in [5.74, 6) is 0.138. The fourth-order valence-corrected chi connectivity index (χ4v) is 2.87. The number of nitrogens with zero attached hydrogens (tertiary/aromatic N) is 3. The second-order valence-corrected chi connectivity index (χ2v) is 7.26. The Balaban J connectivity index is 1.97. The molecule has 1 aromatic rings. The maximum Gasteiger partial charge on any atom is 0.410 e. The molecular formula is C15H23N3O5S. The fraction of sp³-hybridized carbons (Fsp3) is 0.733. The number of ether oxygens (including phenoxy) is 2. The van der Waals surface area contributed by atoms with Crippen molar-refractivity contribution >= 4 is 23.8 Å². The summed E-state index contributed by atoms with van der Waals surface area (Å²) in [6.07, 6.45) is 1.20. The molecule has 0 saturated carbocycles. The van der Waals surface area contributed by atoms with Gasteiger partial charge < -0.3 is 13.9 Å². The van der Waals surface area contributed by atoms with E-state index in [9.17, 15) is 9.59 Å². The molecule has 1 aliphatic heterocycles. The van der Waals surface area contributed by atoms with Crippen molar-refractivity contribution in [1.82, 2.24) is 15.1 Å². The Labute approximate surface area is 145 Å². The Bertz CT molecular complexity index is 584. The SMILES string of the molecule is CCOC(=O)CSc1nnc(C2CCCN2C(=O)OC(C)(C)C)o1. The van der Waals surface area contributed by atoms with E-state index in [4.69, 9.17) is 13.9 Å². The molecule has 1 fully saturated rings. The number of carbonyl (C=O) groups excluding carboxylic acids is 2. The molecule has 1 amide bonds. The largest absolute Gasteiger partial charge is 0.465 e. The third-order valence-corrected chi connectivity index (χ3v) is 4.00. The van der Waals surface area contributed by atoms with Crippen molar-refractivity contribution in [2.24, 2.45) is 0 Å². The van der Waals surface area contributed by atoms with E-state index in [0.29, 0.717) is 19.0 Å². The second-order valence-electron chi connectivity index (χ2n) is 6.33. The topological polar surface area (TPSA) is 94.8 Å². The van der Waals surface area contributed by atoms with Gasteiger partial charge in [-0.1, -0.05) is 11.8 Å². The van der Waals surface area contributed by atoms with Crippen LogP contribution in [0.25, 0.3) is 0 Å². The van der Waals surface area contributed by atoms with Gasteiger partial charge in [-0.3, -0.25) is 9.69 Å². The van der Waals surface area contributed by atoms with Gasteiger partial charge in [0, 0.05) is 6.54 Å². The van der Waals surface area contributed by atoms with E-state index in [1.165, 1.54) is 0 Å². The maximum atomic E-state index is 12.3. The third kappa shape index (κ3) is 5.12. The average Bonchev–Trinajstić information content (AvgIpc) is 3.12. The van der Waals surface area contributed by atoms with E-state index in [1.54, 1.807) is 11.8 Å². The van der Waals surface area contributed by atoms with Crippen molar-refractivity contribution in [3.05, 3.63) is 5.89 Å². The number of hydrogen-bond acceptors (Lipinski definition) is 8. The van der Waals surface area contributed by atoms with Crippen molar-refractivity contribution < 1.29 is 23.5 Å². The summed E-state index contributed by atoms with van der Waals surface area (Å²) < 4.78 is 15.9. The van der Waals surface area contributed by atoms with Crippen LogP contribution in [-0.2, 0) is 14.3 Å². The summed E-state index contributed by atoms with van der Waals surface area (Å²) in [7, 11) is 0. The van der Waals surface area contributed by atoms with Crippen molar-refractivity contribution in [1.29, 1.82) is 0 Å². The molecule has 0 aromatic carbocycles. The molecule has 1 unspecified atom stereocenters. The molecule has 2 heterocycles. The highest BCUT2D eigenvalue weighted by atomic mass is 32.2. The lowest BCUT2D eigenvalue weighted by molar-refractivity contribution is -0.139. The number of aromatic nitrogens is 2. The van der Waals surface area contributed by atoms with Crippen LogP contribution in [0.1, 0.15) is 52.5 Å². The fourth-order valence-electron chi connectivity index (χ4n) is 2.30. The minimum atomic E-state index is -0.556. The summed E-state index contributed by atoms with van der Waals surface area (Å²) in [6.45, 7) is 8.15. The molecule has 24 heavy (non-hydrogen) atoms. The first kappa shape index (κ1) is 18.6. The van der Waals surface area contributed by atoms with Crippen LogP contribution in [-0.4, -0.2) is 51.7 Å². The number of thioether (sulfide) groups is 1. The predicted octanol–water partition coefficient (Wildman–Crippen LogP) is 2.80. The van der Waals surface area contributed by atoms with E-state index in [0.717, 1.165) is 24.6 Å². The van der Waals surface area contributed by atoms with Crippen LogP contribution in [0.2, 0.25) is 0 Å². The number of carbonyl (C=O) groups is 2. The lowest BCUT2D eigenvalue weighted by atomic mass is 10.2. The first-order valence-electron chi connectivity index (χ1n) is 7.91. The van der Waals surface area contributed by atoms with Gasteiger partial charge in [0.2, 0.25) is 5.89 Å². The molecule has 1 saturated heterocycles. The maximum absolute atomic E-state index is 12.3. The second kappa shape index (κ2) is 7.87. The molecule has 0 bridgehead atoms. The summed E-state index contributed by atoms with van der Waals surface area (Å²) in [4.78, 5) is 25.2. The zero-order valence-electron chi connectivity index (χ0n) is 14.4. The van der Waals surface area contributed by atoms with Gasteiger partial charge in [0.15, 0.2) is 0 Å². The van der Waals surface area contributed by atoms with Gasteiger partial charge in [0.25, 0.3) is 5.22 Å². The van der Waals surface area contributed by atoms with Crippen LogP contribution in [0.4, 0.5) is 4.79 Å². The van der Waals surface area contributed by atoms with Crippen LogP contribution in [0.5, 0.6) is 0 Å². The van der Waals surface area contributed by atoms with Crippen LogP contribution in [0.15, 0.2) is 9.64 Å². The first-order valence-corrected chi connectivity index (χ1v) is 8.90. The molecule has 1 aromatic heterocycles. The van der Waals surface area contributed by atoms with Gasteiger partial charge in [-0.15, -0.1) is 10.2 Å². The molecule has 134 valence electrons. The van der Waals surface area contributed by atoms with Gasteiger partial charge in [-0.2, -0.15) is 0 Å². The highest BCUT2D eigenvalue weighted by Gasteiger charge is 2.36. The van der Waals surface area contributed by atoms with E-state index in [1.807, 2.05) is 20.8 Å². The lowest BCUT2D eigenvalue weighted by Crippen LogP contribution is -2.36. The van der Waals surface area contributed by atoms with Crippen LogP contribution < -0.4 is 0 Å².